The van der Waals surface area contributed by atoms with E-state index in [1.54, 1.807) is 29.0 Å². The Morgan fingerprint density at radius 2 is 1.63 bits per heavy atom. The summed E-state index contributed by atoms with van der Waals surface area (Å²) in [6.07, 6.45) is 9.51. The van der Waals surface area contributed by atoms with E-state index in [9.17, 15) is 9.59 Å². The number of aromatic nitrogens is 4. The third-order valence-electron chi connectivity index (χ3n) is 8.92. The van der Waals surface area contributed by atoms with Crippen LogP contribution >= 0.6 is 0 Å². The Morgan fingerprint density at radius 1 is 0.870 bits per heavy atom. The summed E-state index contributed by atoms with van der Waals surface area (Å²) in [5, 5.41) is 14.7. The summed E-state index contributed by atoms with van der Waals surface area (Å²) in [5.74, 6) is 0.685. The van der Waals surface area contributed by atoms with E-state index in [2.05, 4.69) is 50.2 Å². The van der Waals surface area contributed by atoms with Crippen molar-refractivity contribution in [2.75, 3.05) is 29.0 Å². The Morgan fingerprint density at radius 3 is 2.39 bits per heavy atom. The van der Waals surface area contributed by atoms with Crippen molar-refractivity contribution < 1.29 is 9.59 Å². The molecule has 0 bridgehead atoms. The average molecular weight is 616 g/mol. The molecule has 234 valence electrons. The van der Waals surface area contributed by atoms with Crippen molar-refractivity contribution in [1.82, 2.24) is 24.5 Å². The zero-order valence-electron chi connectivity index (χ0n) is 25.5. The van der Waals surface area contributed by atoms with E-state index >= 15 is 0 Å². The molecule has 1 unspecified atom stereocenters. The van der Waals surface area contributed by atoms with Crippen LogP contribution < -0.4 is 21.7 Å². The molecule has 1 atom stereocenters. The molecule has 3 aromatic heterocycles. The van der Waals surface area contributed by atoms with Crippen molar-refractivity contribution in [3.8, 4) is 0 Å². The van der Waals surface area contributed by atoms with Crippen LogP contribution in [0.15, 0.2) is 91.4 Å². The smallest absolute Gasteiger partial charge is 0.276 e. The summed E-state index contributed by atoms with van der Waals surface area (Å²) < 4.78 is 1.56. The highest BCUT2D eigenvalue weighted by atomic mass is 16.2. The van der Waals surface area contributed by atoms with E-state index in [-0.39, 0.29) is 23.9 Å². The zero-order chi connectivity index (χ0) is 31.5. The largest absolute Gasteiger partial charge is 0.366 e. The molecule has 2 amide bonds. The maximum Gasteiger partial charge on any atom is 0.276 e. The molecule has 46 heavy (non-hydrogen) atoms. The SMILES string of the molecule is N[C@H]1CC[C@H](Nc2cc(Nc3ccc(C(=O)N4CCC(c5ccccc5)C4)cc3)c3ncc(C(=O)Nc4ccncc4)n3n2)CC1. The average Bonchev–Trinajstić information content (AvgIpc) is 3.75. The van der Waals surface area contributed by atoms with Crippen molar-refractivity contribution >= 4 is 40.3 Å². The molecule has 1 saturated heterocycles. The number of imidazole rings is 1. The van der Waals surface area contributed by atoms with Crippen molar-refractivity contribution in [3.63, 3.8) is 0 Å². The Balaban J connectivity index is 1.11. The Bertz CT molecular complexity index is 1820. The number of rotatable bonds is 8. The monoisotopic (exact) mass is 615 g/mol. The topological polar surface area (TPSA) is 143 Å². The first-order chi connectivity index (χ1) is 22.5. The third-order valence-corrected chi connectivity index (χ3v) is 8.92. The number of nitrogens with zero attached hydrogens (tertiary/aromatic N) is 5. The standard InChI is InChI=1S/C35H37N9O2/c36-26-8-12-28(13-9-26)40-32-20-30(33-38-21-31(44(33)42-32)34(45)41-29-14-17-37-18-15-29)39-27-10-6-24(7-11-27)35(46)43-19-16-25(22-43)23-4-2-1-3-5-23/h1-7,10-11,14-15,17-18,20-21,25-26,28,39H,8-9,12-13,16,19,22,36H2,(H,40,42)(H,37,41,45)/t25?,26-,28-. The summed E-state index contributed by atoms with van der Waals surface area (Å²) in [6, 6.07) is 23.7. The molecular formula is C35H37N9O2. The maximum absolute atomic E-state index is 13.3. The molecule has 7 rings (SSSR count). The molecule has 11 heteroatoms. The number of fused-ring (bicyclic) bond motifs is 1. The van der Waals surface area contributed by atoms with Gasteiger partial charge >= 0.3 is 0 Å². The third kappa shape index (κ3) is 6.40. The number of carbonyl (C=O) groups excluding carboxylic acids is 2. The second kappa shape index (κ2) is 13.0. The van der Waals surface area contributed by atoms with Crippen LogP contribution in [0.5, 0.6) is 0 Å². The molecule has 2 aliphatic rings. The Hall–Kier alpha value is -5.29. The van der Waals surface area contributed by atoms with Crippen LogP contribution in [0.25, 0.3) is 5.65 Å². The number of hydrogen-bond acceptors (Lipinski definition) is 8. The number of benzene rings is 2. The van der Waals surface area contributed by atoms with Gasteiger partial charge in [-0.3, -0.25) is 14.6 Å². The first kappa shape index (κ1) is 29.4. The molecule has 4 heterocycles. The second-order valence-corrected chi connectivity index (χ2v) is 12.1. The number of pyridine rings is 1. The number of carbonyl (C=O) groups is 2. The van der Waals surface area contributed by atoms with Gasteiger partial charge in [0.25, 0.3) is 11.8 Å². The lowest BCUT2D eigenvalue weighted by atomic mass is 9.92. The number of hydrogen-bond donors (Lipinski definition) is 4. The molecule has 1 aliphatic carbocycles. The minimum atomic E-state index is -0.336. The molecule has 0 radical (unpaired) electrons. The van der Waals surface area contributed by atoms with E-state index < -0.39 is 0 Å². The predicted molar refractivity (Wildman–Crippen MR) is 178 cm³/mol. The van der Waals surface area contributed by atoms with Crippen LogP contribution in [0.2, 0.25) is 0 Å². The van der Waals surface area contributed by atoms with E-state index in [0.717, 1.165) is 50.9 Å². The van der Waals surface area contributed by atoms with E-state index in [1.165, 1.54) is 11.8 Å². The van der Waals surface area contributed by atoms with E-state index in [4.69, 9.17) is 10.8 Å². The fraction of sp³-hybridized carbons (Fsp3) is 0.286. The predicted octanol–water partition coefficient (Wildman–Crippen LogP) is 5.43. The fourth-order valence-electron chi connectivity index (χ4n) is 6.37. The van der Waals surface area contributed by atoms with Gasteiger partial charge in [-0.25, -0.2) is 9.50 Å². The Labute approximate surface area is 267 Å². The summed E-state index contributed by atoms with van der Waals surface area (Å²) in [4.78, 5) is 37.1. The normalized spacial score (nSPS) is 19.6. The van der Waals surface area contributed by atoms with Crippen LogP contribution in [-0.4, -0.2) is 61.5 Å². The van der Waals surface area contributed by atoms with Gasteiger partial charge in [-0.15, -0.1) is 5.10 Å². The number of likely N-dealkylation sites (tertiary alicyclic amines) is 1. The number of amides is 2. The fourth-order valence-corrected chi connectivity index (χ4v) is 6.37. The van der Waals surface area contributed by atoms with Gasteiger partial charge in [0.05, 0.1) is 11.9 Å². The summed E-state index contributed by atoms with van der Waals surface area (Å²) >= 11 is 0. The molecule has 11 nitrogen and oxygen atoms in total. The van der Waals surface area contributed by atoms with Gasteiger partial charge in [-0.05, 0) is 74.1 Å². The van der Waals surface area contributed by atoms with Crippen molar-refractivity contribution in [3.05, 3.63) is 108 Å². The van der Waals surface area contributed by atoms with Gasteiger partial charge in [0, 0.05) is 66.5 Å². The minimum absolute atomic E-state index is 0.0353. The lowest BCUT2D eigenvalue weighted by Gasteiger charge is -2.27. The van der Waals surface area contributed by atoms with Gasteiger partial charge in [-0.2, -0.15) is 0 Å². The van der Waals surface area contributed by atoms with Gasteiger partial charge in [-0.1, -0.05) is 30.3 Å². The molecular weight excluding hydrogens is 578 g/mol. The van der Waals surface area contributed by atoms with Gasteiger partial charge in [0.15, 0.2) is 11.3 Å². The first-order valence-corrected chi connectivity index (χ1v) is 15.8. The minimum Gasteiger partial charge on any atom is -0.366 e. The molecule has 2 aromatic carbocycles. The second-order valence-electron chi connectivity index (χ2n) is 12.1. The summed E-state index contributed by atoms with van der Waals surface area (Å²) in [6.45, 7) is 1.46. The molecule has 5 aromatic rings. The Kier molecular flexibility index (Phi) is 8.30. The van der Waals surface area contributed by atoms with Crippen molar-refractivity contribution in [1.29, 1.82) is 0 Å². The number of anilines is 4. The van der Waals surface area contributed by atoms with Crippen LogP contribution in [-0.2, 0) is 0 Å². The lowest BCUT2D eigenvalue weighted by molar-refractivity contribution is 0.0790. The van der Waals surface area contributed by atoms with Gasteiger partial charge in [0.2, 0.25) is 0 Å². The van der Waals surface area contributed by atoms with Crippen LogP contribution in [0.3, 0.4) is 0 Å². The quantitative estimate of drug-likeness (QED) is 0.181. The van der Waals surface area contributed by atoms with Crippen molar-refractivity contribution in [2.24, 2.45) is 5.73 Å². The summed E-state index contributed by atoms with van der Waals surface area (Å²) in [5.41, 5.74) is 10.9. The highest BCUT2D eigenvalue weighted by Crippen LogP contribution is 2.30. The number of nitrogens with two attached hydrogens (primary N) is 1. The van der Waals surface area contributed by atoms with Gasteiger partial charge in [0.1, 0.15) is 5.82 Å². The van der Waals surface area contributed by atoms with E-state index in [0.29, 0.717) is 40.0 Å². The van der Waals surface area contributed by atoms with Crippen LogP contribution in [0, 0.1) is 0 Å². The van der Waals surface area contributed by atoms with Crippen LogP contribution in [0.4, 0.5) is 22.9 Å². The lowest BCUT2D eigenvalue weighted by Crippen LogP contribution is -2.33. The molecule has 0 spiro atoms. The number of nitrogens with one attached hydrogen (secondary N) is 3. The molecule has 1 saturated carbocycles. The zero-order valence-corrected chi connectivity index (χ0v) is 25.5. The van der Waals surface area contributed by atoms with Crippen LogP contribution in [0.1, 0.15) is 64.4 Å². The molecule has 5 N–H and O–H groups in total. The highest BCUT2D eigenvalue weighted by molar-refractivity contribution is 6.03. The van der Waals surface area contributed by atoms with E-state index in [1.807, 2.05) is 41.3 Å². The van der Waals surface area contributed by atoms with Crippen molar-refractivity contribution in [2.45, 2.75) is 50.1 Å². The highest BCUT2D eigenvalue weighted by Gasteiger charge is 2.28. The molecule has 1 aliphatic heterocycles. The summed E-state index contributed by atoms with van der Waals surface area (Å²) in [7, 11) is 0. The maximum atomic E-state index is 13.3. The molecule has 2 fully saturated rings. The first-order valence-electron chi connectivity index (χ1n) is 15.8. The van der Waals surface area contributed by atoms with Gasteiger partial charge < -0.3 is 26.6 Å².